The molecule has 0 radical (unpaired) electrons. The molecule has 3 aromatic carbocycles. The molecule has 30 heavy (non-hydrogen) atoms. The second-order valence-electron chi connectivity index (χ2n) is 7.70. The molecule has 152 valence electrons. The number of hydrogen-bond acceptors (Lipinski definition) is 2. The Morgan fingerprint density at radius 3 is 2.40 bits per heavy atom. The first-order chi connectivity index (χ1) is 14.5. The summed E-state index contributed by atoms with van der Waals surface area (Å²) < 4.78 is 22.8. The summed E-state index contributed by atoms with van der Waals surface area (Å²) in [5.41, 5.74) is 6.20. The Bertz CT molecular complexity index is 1210. The first-order valence-corrected chi connectivity index (χ1v) is 10.2. The van der Waals surface area contributed by atoms with E-state index in [0.29, 0.717) is 31.1 Å². The quantitative estimate of drug-likeness (QED) is 0.375. The normalized spacial score (nSPS) is 11.1. The summed E-state index contributed by atoms with van der Waals surface area (Å²) in [7, 11) is 2.08. The first-order valence-electron chi connectivity index (χ1n) is 10.2. The molecule has 0 aliphatic rings. The van der Waals surface area contributed by atoms with Gasteiger partial charge in [-0.2, -0.15) is 0 Å². The van der Waals surface area contributed by atoms with Gasteiger partial charge in [-0.3, -0.25) is 5.41 Å². The Labute approximate surface area is 176 Å². The van der Waals surface area contributed by atoms with E-state index in [4.69, 9.17) is 10.1 Å². The summed E-state index contributed by atoms with van der Waals surface area (Å²) in [6.45, 7) is 3.93. The third-order valence-electron chi connectivity index (χ3n) is 5.29. The summed E-state index contributed by atoms with van der Waals surface area (Å²) in [4.78, 5) is 0. The number of nitrogens with zero attached hydrogens (tertiary/aromatic N) is 2. The second kappa shape index (κ2) is 8.62. The lowest BCUT2D eigenvalue weighted by atomic mass is 9.95. The molecule has 0 aliphatic carbocycles. The molecule has 1 heterocycles. The highest BCUT2D eigenvalue weighted by Gasteiger charge is 2.11. The van der Waals surface area contributed by atoms with Crippen LogP contribution in [0.25, 0.3) is 11.0 Å². The molecule has 4 nitrogen and oxygen atoms in total. The van der Waals surface area contributed by atoms with Gasteiger partial charge >= 0.3 is 0 Å². The van der Waals surface area contributed by atoms with Crippen LogP contribution in [0.2, 0.25) is 0 Å². The zero-order valence-corrected chi connectivity index (χ0v) is 17.4. The highest BCUT2D eigenvalue weighted by Crippen LogP contribution is 2.17. The highest BCUT2D eigenvalue weighted by molar-refractivity contribution is 6.32. The Hall–Kier alpha value is -3.28. The number of fused-ring (bicyclic) bond motifs is 1. The van der Waals surface area contributed by atoms with Gasteiger partial charge < -0.3 is 13.9 Å². The topological polar surface area (TPSA) is 42.9 Å². The molecule has 4 aromatic rings. The van der Waals surface area contributed by atoms with Crippen molar-refractivity contribution in [1.29, 1.82) is 5.41 Å². The van der Waals surface area contributed by atoms with Crippen molar-refractivity contribution >= 4 is 24.3 Å². The number of nitrogens with one attached hydrogen (secondary N) is 1. The number of aryl methyl sites for hydroxylation is 2. The second-order valence-corrected chi connectivity index (χ2v) is 7.70. The Kier molecular flexibility index (Phi) is 5.75. The van der Waals surface area contributed by atoms with Crippen molar-refractivity contribution < 1.29 is 9.13 Å². The van der Waals surface area contributed by atoms with Gasteiger partial charge in [-0.15, -0.1) is 0 Å². The van der Waals surface area contributed by atoms with E-state index in [1.807, 2.05) is 4.57 Å². The van der Waals surface area contributed by atoms with Crippen molar-refractivity contribution in [2.24, 2.45) is 0 Å². The van der Waals surface area contributed by atoms with E-state index in [2.05, 4.69) is 61.8 Å². The number of rotatable bonds is 7. The maximum absolute atomic E-state index is 13.0. The van der Waals surface area contributed by atoms with Crippen LogP contribution in [0.4, 0.5) is 4.39 Å². The number of imidazole rings is 1. The summed E-state index contributed by atoms with van der Waals surface area (Å²) in [5, 5.41) is 8.80. The Morgan fingerprint density at radius 2 is 1.67 bits per heavy atom. The molecule has 0 fully saturated rings. The number of ether oxygens (including phenoxy) is 1. The van der Waals surface area contributed by atoms with Gasteiger partial charge in [-0.05, 0) is 60.9 Å². The molecule has 0 saturated heterocycles. The van der Waals surface area contributed by atoms with Crippen molar-refractivity contribution in [2.45, 2.75) is 26.4 Å². The summed E-state index contributed by atoms with van der Waals surface area (Å²) in [5.74, 6) is 0.387. The van der Waals surface area contributed by atoms with Crippen molar-refractivity contribution in [2.75, 3.05) is 6.61 Å². The van der Waals surface area contributed by atoms with E-state index < -0.39 is 0 Å². The zero-order chi connectivity index (χ0) is 21.1. The van der Waals surface area contributed by atoms with Gasteiger partial charge in [0.2, 0.25) is 5.62 Å². The lowest BCUT2D eigenvalue weighted by molar-refractivity contribution is 0.300. The molecule has 1 N–H and O–H groups in total. The van der Waals surface area contributed by atoms with E-state index in [1.54, 1.807) is 12.1 Å². The first kappa shape index (κ1) is 20.0. The third kappa shape index (κ3) is 4.33. The van der Waals surface area contributed by atoms with Gasteiger partial charge in [0.15, 0.2) is 0 Å². The largest absolute Gasteiger partial charge is 0.494 e. The molecule has 1 aromatic heterocycles. The molecule has 6 heteroatoms. The average Bonchev–Trinajstić information content (AvgIpc) is 2.99. The molecule has 0 atom stereocenters. The molecule has 0 bridgehead atoms. The maximum atomic E-state index is 13.0. The maximum Gasteiger partial charge on any atom is 0.203 e. The van der Waals surface area contributed by atoms with Crippen LogP contribution in [0.3, 0.4) is 0 Å². The van der Waals surface area contributed by atoms with Crippen LogP contribution in [0.15, 0.2) is 66.7 Å². The average molecular weight is 401 g/mol. The summed E-state index contributed by atoms with van der Waals surface area (Å²) in [6, 6.07) is 20.8. The van der Waals surface area contributed by atoms with Crippen molar-refractivity contribution in [3.05, 3.63) is 89.3 Å². The number of aromatic nitrogens is 2. The predicted octanol–water partition coefficient (Wildman–Crippen LogP) is 3.15. The lowest BCUT2D eigenvalue weighted by Crippen LogP contribution is -2.25. The van der Waals surface area contributed by atoms with Crippen molar-refractivity contribution in [3.63, 3.8) is 0 Å². The van der Waals surface area contributed by atoms with Crippen LogP contribution in [0, 0.1) is 18.2 Å². The predicted molar refractivity (Wildman–Crippen MR) is 121 cm³/mol. The van der Waals surface area contributed by atoms with E-state index in [0.717, 1.165) is 17.5 Å². The molecular formula is C24H25BFN3O. The summed E-state index contributed by atoms with van der Waals surface area (Å²) >= 11 is 0. The van der Waals surface area contributed by atoms with Crippen LogP contribution < -0.4 is 15.8 Å². The highest BCUT2D eigenvalue weighted by atomic mass is 19.1. The van der Waals surface area contributed by atoms with Crippen LogP contribution in [-0.2, 0) is 13.1 Å². The van der Waals surface area contributed by atoms with Gasteiger partial charge in [0.05, 0.1) is 24.2 Å². The van der Waals surface area contributed by atoms with E-state index in [9.17, 15) is 4.39 Å². The van der Waals surface area contributed by atoms with Crippen LogP contribution in [-0.4, -0.2) is 23.6 Å². The van der Waals surface area contributed by atoms with Crippen molar-refractivity contribution in [1.82, 2.24) is 9.13 Å². The number of hydrogen-bond donors (Lipinski definition) is 1. The standard InChI is InChI=1S/C24H25BFN3O/c1-17-3-12-22-23(15-17)29(16-18-4-6-19(25)7-5-18)24(27)28(22)13-2-14-30-21-10-8-20(26)9-11-21/h3-12,15,27H,2,13-14,16,25H2,1H3. The fraction of sp³-hybridized carbons (Fsp3) is 0.208. The molecular weight excluding hydrogens is 376 g/mol. The summed E-state index contributed by atoms with van der Waals surface area (Å²) in [6.07, 6.45) is 0.755. The fourth-order valence-electron chi connectivity index (χ4n) is 3.66. The molecule has 0 aliphatic heterocycles. The van der Waals surface area contributed by atoms with Gasteiger partial charge in [-0.1, -0.05) is 35.8 Å². The minimum atomic E-state index is -0.270. The fourth-order valence-corrected chi connectivity index (χ4v) is 3.66. The number of benzene rings is 3. The third-order valence-corrected chi connectivity index (χ3v) is 5.29. The Morgan fingerprint density at radius 1 is 0.933 bits per heavy atom. The van der Waals surface area contributed by atoms with E-state index in [-0.39, 0.29) is 5.82 Å². The lowest BCUT2D eigenvalue weighted by Gasteiger charge is -2.08. The molecule has 0 saturated carbocycles. The van der Waals surface area contributed by atoms with Gasteiger partial charge in [0.1, 0.15) is 19.4 Å². The molecule has 0 unspecified atom stereocenters. The zero-order valence-electron chi connectivity index (χ0n) is 17.4. The van der Waals surface area contributed by atoms with Crippen LogP contribution >= 0.6 is 0 Å². The minimum absolute atomic E-state index is 0.270. The smallest absolute Gasteiger partial charge is 0.203 e. The molecule has 0 amide bonds. The van der Waals surface area contributed by atoms with Gasteiger partial charge in [-0.25, -0.2) is 4.39 Å². The van der Waals surface area contributed by atoms with Gasteiger partial charge in [0.25, 0.3) is 0 Å². The van der Waals surface area contributed by atoms with E-state index in [1.165, 1.54) is 28.7 Å². The van der Waals surface area contributed by atoms with Crippen LogP contribution in [0.1, 0.15) is 17.5 Å². The monoisotopic (exact) mass is 401 g/mol. The van der Waals surface area contributed by atoms with E-state index >= 15 is 0 Å². The SMILES string of the molecule is Bc1ccc(Cn2c(=N)n(CCCOc3ccc(F)cc3)c3ccc(C)cc32)cc1. The van der Waals surface area contributed by atoms with Crippen LogP contribution in [0.5, 0.6) is 5.75 Å². The minimum Gasteiger partial charge on any atom is -0.494 e. The molecule has 4 rings (SSSR count). The number of halogens is 1. The van der Waals surface area contributed by atoms with Gasteiger partial charge in [0, 0.05) is 6.54 Å². The molecule has 0 spiro atoms. The van der Waals surface area contributed by atoms with Crippen molar-refractivity contribution in [3.8, 4) is 5.75 Å². The Balaban J connectivity index is 1.55.